The molecule has 0 radical (unpaired) electrons. The highest BCUT2D eigenvalue weighted by Gasteiger charge is 2.20. The van der Waals surface area contributed by atoms with Crippen LogP contribution in [0, 0.1) is 37.1 Å². The summed E-state index contributed by atoms with van der Waals surface area (Å²) >= 11 is 6.01. The lowest BCUT2D eigenvalue weighted by atomic mass is 9.90. The van der Waals surface area contributed by atoms with Crippen LogP contribution in [0.15, 0.2) is 24.3 Å². The average molecular weight is 447 g/mol. The molecule has 20 heavy (non-hydrogen) atoms. The molecule has 2 aromatic rings. The zero-order valence-electron chi connectivity index (χ0n) is 12.0. The second kappa shape index (κ2) is 6.14. The maximum absolute atomic E-state index is 13.3. The van der Waals surface area contributed by atoms with Gasteiger partial charge >= 0.3 is 0 Å². The van der Waals surface area contributed by atoms with Crippen LogP contribution in [-0.2, 0) is 0 Å². The van der Waals surface area contributed by atoms with Gasteiger partial charge in [0.25, 0.3) is 0 Å². The summed E-state index contributed by atoms with van der Waals surface area (Å²) in [4.78, 5) is 0.0913. The van der Waals surface area contributed by atoms with E-state index < -0.39 is 0 Å². The molecule has 3 heteroatoms. The maximum Gasteiger partial charge on any atom is 0.124 e. The monoisotopic (exact) mass is 446 g/mol. The Balaban J connectivity index is 2.62. The molecule has 0 spiro atoms. The molecule has 0 heterocycles. The van der Waals surface area contributed by atoms with Crippen molar-refractivity contribution in [3.63, 3.8) is 0 Å². The Hall–Kier alpha value is -0.420. The average Bonchev–Trinajstić information content (AvgIpc) is 2.36. The van der Waals surface area contributed by atoms with Crippen molar-refractivity contribution in [3.05, 3.63) is 67.0 Å². The minimum Gasteiger partial charge on any atom is -0.207 e. The standard InChI is InChI=1S/C17H17BrFI/c1-9-7-10(2)12(4)16(11(9)3)17(18)14-6-5-13(19)8-15(14)20/h5-8,17H,1-4H3. The fourth-order valence-electron chi connectivity index (χ4n) is 2.49. The summed E-state index contributed by atoms with van der Waals surface area (Å²) in [5, 5.41) is 0. The largest absolute Gasteiger partial charge is 0.207 e. The molecule has 2 aromatic carbocycles. The highest BCUT2D eigenvalue weighted by Crippen LogP contribution is 2.39. The molecule has 0 saturated heterocycles. The van der Waals surface area contributed by atoms with Crippen molar-refractivity contribution in [2.45, 2.75) is 32.5 Å². The Bertz CT molecular complexity index is 638. The van der Waals surface area contributed by atoms with Crippen LogP contribution in [0.2, 0.25) is 0 Å². The maximum atomic E-state index is 13.3. The Morgan fingerprint density at radius 2 is 1.55 bits per heavy atom. The van der Waals surface area contributed by atoms with Crippen LogP contribution in [0.3, 0.4) is 0 Å². The lowest BCUT2D eigenvalue weighted by Gasteiger charge is -2.21. The van der Waals surface area contributed by atoms with E-state index in [2.05, 4.69) is 72.3 Å². The van der Waals surface area contributed by atoms with Crippen LogP contribution in [0.25, 0.3) is 0 Å². The molecule has 0 nitrogen and oxygen atoms in total. The van der Waals surface area contributed by atoms with E-state index in [1.54, 1.807) is 6.07 Å². The molecule has 1 atom stereocenters. The lowest BCUT2D eigenvalue weighted by molar-refractivity contribution is 0.626. The zero-order valence-corrected chi connectivity index (χ0v) is 15.8. The number of benzene rings is 2. The van der Waals surface area contributed by atoms with Gasteiger partial charge in [0.2, 0.25) is 0 Å². The number of aryl methyl sites for hydroxylation is 2. The second-order valence-corrected chi connectivity index (χ2v) is 7.28. The van der Waals surface area contributed by atoms with Crippen molar-refractivity contribution in [2.24, 2.45) is 0 Å². The molecule has 0 aliphatic carbocycles. The van der Waals surface area contributed by atoms with Crippen LogP contribution in [0.4, 0.5) is 4.39 Å². The third-order valence-electron chi connectivity index (χ3n) is 3.91. The van der Waals surface area contributed by atoms with Crippen molar-refractivity contribution in [3.8, 4) is 0 Å². The summed E-state index contributed by atoms with van der Waals surface area (Å²) < 4.78 is 14.2. The van der Waals surface area contributed by atoms with Gasteiger partial charge in [-0.15, -0.1) is 0 Å². The first kappa shape index (κ1) is 16.0. The van der Waals surface area contributed by atoms with Gasteiger partial charge in [0.15, 0.2) is 0 Å². The highest BCUT2D eigenvalue weighted by atomic mass is 127. The zero-order chi connectivity index (χ0) is 15.0. The number of rotatable bonds is 2. The summed E-state index contributed by atoms with van der Waals surface area (Å²) in [6.07, 6.45) is 0. The Morgan fingerprint density at radius 1 is 1.00 bits per heavy atom. The van der Waals surface area contributed by atoms with Crippen LogP contribution in [-0.4, -0.2) is 0 Å². The summed E-state index contributed by atoms with van der Waals surface area (Å²) in [6.45, 7) is 8.59. The first-order valence-electron chi connectivity index (χ1n) is 6.49. The SMILES string of the molecule is Cc1cc(C)c(C)c(C(Br)c2ccc(F)cc2I)c1C. The second-order valence-electron chi connectivity index (χ2n) is 5.20. The molecule has 0 bridgehead atoms. The smallest absolute Gasteiger partial charge is 0.124 e. The van der Waals surface area contributed by atoms with E-state index in [1.165, 1.54) is 33.9 Å². The predicted octanol–water partition coefficient (Wildman–Crippen LogP) is 6.15. The fourth-order valence-corrected chi connectivity index (χ4v) is 4.79. The highest BCUT2D eigenvalue weighted by molar-refractivity contribution is 14.1. The van der Waals surface area contributed by atoms with Crippen molar-refractivity contribution in [2.75, 3.05) is 0 Å². The normalized spacial score (nSPS) is 12.6. The van der Waals surface area contributed by atoms with Gasteiger partial charge in [0.05, 0.1) is 4.83 Å². The van der Waals surface area contributed by atoms with E-state index in [1.807, 2.05) is 6.07 Å². The molecular formula is C17H17BrFI. The van der Waals surface area contributed by atoms with Crippen LogP contribution in [0.1, 0.15) is 38.2 Å². The van der Waals surface area contributed by atoms with Gasteiger partial charge in [-0.05, 0) is 95.8 Å². The molecule has 0 saturated carbocycles. The number of hydrogen-bond donors (Lipinski definition) is 0. The van der Waals surface area contributed by atoms with Crippen molar-refractivity contribution in [1.29, 1.82) is 0 Å². The molecule has 0 aliphatic heterocycles. The minimum absolute atomic E-state index is 0.0913. The molecular weight excluding hydrogens is 430 g/mol. The van der Waals surface area contributed by atoms with Crippen LogP contribution in [0.5, 0.6) is 0 Å². The predicted molar refractivity (Wildman–Crippen MR) is 95.3 cm³/mol. The Labute approximate surface area is 142 Å². The number of halogens is 3. The molecule has 1 unspecified atom stereocenters. The van der Waals surface area contributed by atoms with Crippen LogP contribution < -0.4 is 0 Å². The Kier molecular flexibility index (Phi) is 4.90. The quantitative estimate of drug-likeness (QED) is 0.383. The van der Waals surface area contributed by atoms with E-state index in [-0.39, 0.29) is 10.6 Å². The van der Waals surface area contributed by atoms with Crippen molar-refractivity contribution < 1.29 is 4.39 Å². The molecule has 0 aliphatic rings. The van der Waals surface area contributed by atoms with E-state index in [9.17, 15) is 4.39 Å². The van der Waals surface area contributed by atoms with Gasteiger partial charge in [-0.25, -0.2) is 4.39 Å². The van der Waals surface area contributed by atoms with Gasteiger partial charge in [0.1, 0.15) is 5.82 Å². The van der Waals surface area contributed by atoms with Crippen molar-refractivity contribution >= 4 is 38.5 Å². The summed E-state index contributed by atoms with van der Waals surface area (Å²) in [6, 6.07) is 7.20. The molecule has 106 valence electrons. The number of hydrogen-bond acceptors (Lipinski definition) is 0. The third-order valence-corrected chi connectivity index (χ3v) is 5.80. The van der Waals surface area contributed by atoms with Gasteiger partial charge in [-0.1, -0.05) is 28.1 Å². The molecule has 2 rings (SSSR count). The molecule has 0 aromatic heterocycles. The first-order chi connectivity index (χ1) is 9.32. The molecule has 0 N–H and O–H groups in total. The molecule has 0 fully saturated rings. The van der Waals surface area contributed by atoms with Gasteiger partial charge in [-0.2, -0.15) is 0 Å². The third kappa shape index (κ3) is 2.93. The molecule has 0 amide bonds. The lowest BCUT2D eigenvalue weighted by Crippen LogP contribution is -2.04. The van der Waals surface area contributed by atoms with E-state index in [0.717, 1.165) is 9.13 Å². The summed E-state index contributed by atoms with van der Waals surface area (Å²) in [5.41, 5.74) is 7.61. The summed E-state index contributed by atoms with van der Waals surface area (Å²) in [7, 11) is 0. The minimum atomic E-state index is -0.188. The summed E-state index contributed by atoms with van der Waals surface area (Å²) in [5.74, 6) is -0.188. The van der Waals surface area contributed by atoms with Crippen LogP contribution >= 0.6 is 38.5 Å². The van der Waals surface area contributed by atoms with E-state index in [4.69, 9.17) is 0 Å². The van der Waals surface area contributed by atoms with Gasteiger partial charge in [0, 0.05) is 3.57 Å². The topological polar surface area (TPSA) is 0 Å². The van der Waals surface area contributed by atoms with E-state index >= 15 is 0 Å². The first-order valence-corrected chi connectivity index (χ1v) is 8.48. The Morgan fingerprint density at radius 3 is 2.05 bits per heavy atom. The van der Waals surface area contributed by atoms with Gasteiger partial charge < -0.3 is 0 Å². The number of alkyl halides is 1. The van der Waals surface area contributed by atoms with E-state index in [0.29, 0.717) is 0 Å². The van der Waals surface area contributed by atoms with Gasteiger partial charge in [-0.3, -0.25) is 0 Å². The van der Waals surface area contributed by atoms with Crippen molar-refractivity contribution in [1.82, 2.24) is 0 Å². The fraction of sp³-hybridized carbons (Fsp3) is 0.294.